The molecule has 6 heteroatoms. The third-order valence-electron chi connectivity index (χ3n) is 2.34. The van der Waals surface area contributed by atoms with E-state index in [9.17, 15) is 13.2 Å². The third-order valence-corrected chi connectivity index (χ3v) is 3.83. The summed E-state index contributed by atoms with van der Waals surface area (Å²) in [6, 6.07) is -0.147. The highest BCUT2D eigenvalue weighted by atomic mass is 32.2. The first-order valence-electron chi connectivity index (χ1n) is 4.37. The highest BCUT2D eigenvalue weighted by Crippen LogP contribution is 2.05. The predicted octanol–water partition coefficient (Wildman–Crippen LogP) is -0.775. The zero-order valence-corrected chi connectivity index (χ0v) is 9.84. The Hall–Kier alpha value is -0.620. The fourth-order valence-electron chi connectivity index (χ4n) is 0.845. The minimum absolute atomic E-state index is 0.147. The Morgan fingerprint density at radius 2 is 1.86 bits per heavy atom. The highest BCUT2D eigenvalue weighted by molar-refractivity contribution is 7.92. The molecule has 0 saturated carbocycles. The Morgan fingerprint density at radius 1 is 1.43 bits per heavy atom. The van der Waals surface area contributed by atoms with Crippen LogP contribution in [0.1, 0.15) is 13.8 Å². The average Bonchev–Trinajstić information content (AvgIpc) is 2.11. The summed E-state index contributed by atoms with van der Waals surface area (Å²) in [5.41, 5.74) is 5.38. The molecule has 0 aromatic rings. The number of likely N-dealkylation sites (N-methyl/N-ethyl adjacent to an activating group) is 1. The molecule has 0 fully saturated rings. The molecule has 0 aromatic heterocycles. The maximum absolute atomic E-state index is 11.6. The second-order valence-corrected chi connectivity index (χ2v) is 5.87. The number of sulfone groups is 1. The van der Waals surface area contributed by atoms with Crippen LogP contribution in [-0.4, -0.2) is 50.4 Å². The molecule has 0 aliphatic carbocycles. The third kappa shape index (κ3) is 3.26. The quantitative estimate of drug-likeness (QED) is 0.677. The molecular weight excluding hydrogens is 204 g/mol. The van der Waals surface area contributed by atoms with Crippen molar-refractivity contribution in [3.63, 3.8) is 0 Å². The van der Waals surface area contributed by atoms with Gasteiger partial charge in [-0.15, -0.1) is 0 Å². The van der Waals surface area contributed by atoms with Crippen LogP contribution in [-0.2, 0) is 14.6 Å². The van der Waals surface area contributed by atoms with Crippen LogP contribution in [0.2, 0.25) is 0 Å². The van der Waals surface area contributed by atoms with Crippen molar-refractivity contribution in [2.75, 3.05) is 19.8 Å². The monoisotopic (exact) mass is 222 g/mol. The number of hydrogen-bond donors (Lipinski definition) is 1. The molecule has 0 bridgehead atoms. The topological polar surface area (TPSA) is 80.5 Å². The molecule has 2 N–H and O–H groups in total. The van der Waals surface area contributed by atoms with Gasteiger partial charge in [0.1, 0.15) is 5.25 Å². The summed E-state index contributed by atoms with van der Waals surface area (Å²) in [4.78, 5) is 12.9. The standard InChI is InChI=1S/C8H18N2O3S/c1-6(5-9)10(3)8(11)7(2)14(4,12)13/h6-7H,5,9H2,1-4H3. The van der Waals surface area contributed by atoms with Gasteiger partial charge < -0.3 is 10.6 Å². The Morgan fingerprint density at radius 3 is 2.14 bits per heavy atom. The van der Waals surface area contributed by atoms with Crippen molar-refractivity contribution in [3.8, 4) is 0 Å². The molecule has 14 heavy (non-hydrogen) atoms. The van der Waals surface area contributed by atoms with Crippen LogP contribution >= 0.6 is 0 Å². The number of nitrogens with two attached hydrogens (primary N) is 1. The summed E-state index contributed by atoms with van der Waals surface area (Å²) >= 11 is 0. The van der Waals surface area contributed by atoms with E-state index in [4.69, 9.17) is 5.73 Å². The lowest BCUT2D eigenvalue weighted by molar-refractivity contribution is -0.130. The number of carbonyl (C=O) groups is 1. The molecule has 2 atom stereocenters. The molecule has 0 aliphatic heterocycles. The largest absolute Gasteiger partial charge is 0.341 e. The van der Waals surface area contributed by atoms with Gasteiger partial charge in [-0.3, -0.25) is 4.79 Å². The molecule has 0 aliphatic rings. The van der Waals surface area contributed by atoms with Gasteiger partial charge in [0, 0.05) is 25.9 Å². The second kappa shape index (κ2) is 4.75. The van der Waals surface area contributed by atoms with Crippen LogP contribution < -0.4 is 5.73 Å². The first-order valence-corrected chi connectivity index (χ1v) is 6.32. The smallest absolute Gasteiger partial charge is 0.240 e. The van der Waals surface area contributed by atoms with Gasteiger partial charge in [0.15, 0.2) is 9.84 Å². The van der Waals surface area contributed by atoms with Gasteiger partial charge in [-0.25, -0.2) is 8.42 Å². The minimum Gasteiger partial charge on any atom is -0.341 e. The van der Waals surface area contributed by atoms with Crippen molar-refractivity contribution < 1.29 is 13.2 Å². The molecule has 0 spiro atoms. The SMILES string of the molecule is CC(CN)N(C)C(=O)C(C)S(C)(=O)=O. The van der Waals surface area contributed by atoms with Crippen molar-refractivity contribution in [2.45, 2.75) is 25.1 Å². The van der Waals surface area contributed by atoms with Crippen LogP contribution in [0.15, 0.2) is 0 Å². The first kappa shape index (κ1) is 13.4. The lowest BCUT2D eigenvalue weighted by Gasteiger charge is -2.25. The summed E-state index contributed by atoms with van der Waals surface area (Å²) in [7, 11) is -1.76. The molecule has 84 valence electrons. The van der Waals surface area contributed by atoms with Gasteiger partial charge in [-0.05, 0) is 13.8 Å². The summed E-state index contributed by atoms with van der Waals surface area (Å²) < 4.78 is 22.2. The van der Waals surface area contributed by atoms with Crippen LogP contribution in [0.25, 0.3) is 0 Å². The Labute approximate surface area is 85.2 Å². The van der Waals surface area contributed by atoms with Gasteiger partial charge in [-0.1, -0.05) is 0 Å². The summed E-state index contributed by atoms with van der Waals surface area (Å²) in [6.45, 7) is 3.48. The van der Waals surface area contributed by atoms with E-state index in [1.54, 1.807) is 14.0 Å². The summed E-state index contributed by atoms with van der Waals surface area (Å²) in [5.74, 6) is -0.412. The molecular formula is C8H18N2O3S. The molecule has 0 heterocycles. The normalized spacial score (nSPS) is 16.1. The molecule has 0 radical (unpaired) electrons. The van der Waals surface area contributed by atoms with Crippen molar-refractivity contribution >= 4 is 15.7 Å². The van der Waals surface area contributed by atoms with Gasteiger partial charge in [0.25, 0.3) is 0 Å². The number of amides is 1. The Bertz CT molecular complexity index is 300. The second-order valence-electron chi connectivity index (χ2n) is 3.51. The van der Waals surface area contributed by atoms with E-state index in [1.165, 1.54) is 11.8 Å². The summed E-state index contributed by atoms with van der Waals surface area (Å²) in [5, 5.41) is -0.999. The number of rotatable bonds is 4. The molecule has 5 nitrogen and oxygen atoms in total. The maximum Gasteiger partial charge on any atom is 0.240 e. The van der Waals surface area contributed by atoms with Crippen molar-refractivity contribution in [3.05, 3.63) is 0 Å². The number of hydrogen-bond acceptors (Lipinski definition) is 4. The van der Waals surface area contributed by atoms with Crippen LogP contribution in [0.4, 0.5) is 0 Å². The van der Waals surface area contributed by atoms with Crippen molar-refractivity contribution in [1.29, 1.82) is 0 Å². The van der Waals surface area contributed by atoms with Crippen LogP contribution in [0.5, 0.6) is 0 Å². The van der Waals surface area contributed by atoms with Crippen molar-refractivity contribution in [2.24, 2.45) is 5.73 Å². The Kier molecular flexibility index (Phi) is 4.54. The molecule has 0 rings (SSSR count). The van der Waals surface area contributed by atoms with Crippen LogP contribution in [0.3, 0.4) is 0 Å². The number of nitrogens with zero attached hydrogens (tertiary/aromatic N) is 1. The highest BCUT2D eigenvalue weighted by Gasteiger charge is 2.28. The zero-order chi connectivity index (χ0) is 11.5. The van der Waals surface area contributed by atoms with E-state index in [0.717, 1.165) is 6.26 Å². The molecule has 1 amide bonds. The van der Waals surface area contributed by atoms with E-state index >= 15 is 0 Å². The lowest BCUT2D eigenvalue weighted by atomic mass is 10.3. The Balaban J connectivity index is 4.64. The van der Waals surface area contributed by atoms with E-state index in [-0.39, 0.29) is 6.04 Å². The van der Waals surface area contributed by atoms with Crippen LogP contribution in [0, 0.1) is 0 Å². The fourth-order valence-corrected chi connectivity index (χ4v) is 1.38. The average molecular weight is 222 g/mol. The summed E-state index contributed by atoms with van der Waals surface area (Å²) in [6.07, 6.45) is 1.05. The van der Waals surface area contributed by atoms with E-state index in [1.807, 2.05) is 0 Å². The maximum atomic E-state index is 11.6. The number of carbonyl (C=O) groups excluding carboxylic acids is 1. The molecule has 0 saturated heterocycles. The van der Waals surface area contributed by atoms with E-state index in [2.05, 4.69) is 0 Å². The van der Waals surface area contributed by atoms with Gasteiger partial charge in [0.05, 0.1) is 0 Å². The van der Waals surface area contributed by atoms with Gasteiger partial charge in [-0.2, -0.15) is 0 Å². The minimum atomic E-state index is -3.32. The first-order chi connectivity index (χ1) is 6.21. The van der Waals surface area contributed by atoms with Gasteiger partial charge in [0.2, 0.25) is 5.91 Å². The fraction of sp³-hybridized carbons (Fsp3) is 0.875. The molecule has 2 unspecified atom stereocenters. The zero-order valence-electron chi connectivity index (χ0n) is 9.02. The predicted molar refractivity (Wildman–Crippen MR) is 55.6 cm³/mol. The van der Waals surface area contributed by atoms with Crippen molar-refractivity contribution in [1.82, 2.24) is 4.90 Å². The van der Waals surface area contributed by atoms with E-state index in [0.29, 0.717) is 6.54 Å². The van der Waals surface area contributed by atoms with E-state index < -0.39 is 21.0 Å². The van der Waals surface area contributed by atoms with Gasteiger partial charge >= 0.3 is 0 Å². The molecule has 0 aromatic carbocycles. The lowest BCUT2D eigenvalue weighted by Crippen LogP contribution is -2.46.